The molecule has 102 valence electrons. The van der Waals surface area contributed by atoms with Crippen molar-refractivity contribution < 1.29 is 9.66 Å². The monoisotopic (exact) mass is 271 g/mol. The highest BCUT2D eigenvalue weighted by molar-refractivity contribution is 5.97. The van der Waals surface area contributed by atoms with Crippen molar-refractivity contribution >= 4 is 11.5 Å². The van der Waals surface area contributed by atoms with E-state index in [2.05, 4.69) is 0 Å². The molecule has 2 rings (SSSR count). The van der Waals surface area contributed by atoms with E-state index in [1.165, 1.54) is 12.1 Å². The number of ether oxygens (including phenoxy) is 1. The molecule has 0 spiro atoms. The molecule has 6 heteroatoms. The van der Waals surface area contributed by atoms with Crippen LogP contribution in [0.25, 0.3) is 0 Å². The highest BCUT2D eigenvalue weighted by Gasteiger charge is 2.07. The highest BCUT2D eigenvalue weighted by Crippen LogP contribution is 2.19. The number of nitrogens with zero attached hydrogens (tertiary/aromatic N) is 1. The molecular formula is C14H13N3O3. The summed E-state index contributed by atoms with van der Waals surface area (Å²) in [4.78, 5) is 10.1. The molecular weight excluding hydrogens is 258 g/mol. The fourth-order valence-electron chi connectivity index (χ4n) is 1.69. The topological polar surface area (TPSA) is 102 Å². The van der Waals surface area contributed by atoms with Crippen LogP contribution < -0.4 is 10.5 Å². The van der Waals surface area contributed by atoms with Crippen LogP contribution in [0.15, 0.2) is 48.5 Å². The van der Waals surface area contributed by atoms with Gasteiger partial charge in [0, 0.05) is 12.1 Å². The van der Waals surface area contributed by atoms with Crippen LogP contribution in [0.4, 0.5) is 5.69 Å². The first-order valence-electron chi connectivity index (χ1n) is 5.87. The number of amidine groups is 1. The maximum absolute atomic E-state index is 10.5. The van der Waals surface area contributed by atoms with Crippen molar-refractivity contribution in [2.75, 3.05) is 0 Å². The summed E-state index contributed by atoms with van der Waals surface area (Å²) in [6.45, 7) is 0.252. The van der Waals surface area contributed by atoms with Crippen molar-refractivity contribution in [3.8, 4) is 5.75 Å². The minimum Gasteiger partial charge on any atom is -0.488 e. The first-order valence-corrected chi connectivity index (χ1v) is 5.87. The van der Waals surface area contributed by atoms with Crippen molar-refractivity contribution in [3.05, 3.63) is 69.8 Å². The lowest BCUT2D eigenvalue weighted by Crippen LogP contribution is -2.13. The molecule has 2 aromatic carbocycles. The second-order valence-electron chi connectivity index (χ2n) is 4.12. The molecule has 2 aromatic rings. The largest absolute Gasteiger partial charge is 0.488 e. The summed E-state index contributed by atoms with van der Waals surface area (Å²) >= 11 is 0. The standard InChI is InChI=1S/C14H13N3O3/c15-14(16)12-3-1-2-4-13(12)20-9-10-5-7-11(8-6-10)17(18)19/h1-8H,9H2,(H3,15,16). The van der Waals surface area contributed by atoms with E-state index >= 15 is 0 Å². The number of rotatable bonds is 5. The Morgan fingerprint density at radius 3 is 2.45 bits per heavy atom. The molecule has 0 atom stereocenters. The van der Waals surface area contributed by atoms with Gasteiger partial charge in [-0.15, -0.1) is 0 Å². The first-order chi connectivity index (χ1) is 9.58. The van der Waals surface area contributed by atoms with E-state index < -0.39 is 4.92 Å². The maximum Gasteiger partial charge on any atom is 0.269 e. The van der Waals surface area contributed by atoms with Crippen molar-refractivity contribution in [1.82, 2.24) is 0 Å². The van der Waals surface area contributed by atoms with Crippen molar-refractivity contribution in [1.29, 1.82) is 5.41 Å². The van der Waals surface area contributed by atoms with Crippen LogP contribution in [0.3, 0.4) is 0 Å². The molecule has 0 unspecified atom stereocenters. The van der Waals surface area contributed by atoms with Gasteiger partial charge in [0.1, 0.15) is 18.2 Å². The van der Waals surface area contributed by atoms with Crippen molar-refractivity contribution in [2.24, 2.45) is 5.73 Å². The zero-order valence-corrected chi connectivity index (χ0v) is 10.6. The van der Waals surface area contributed by atoms with Gasteiger partial charge in [-0.3, -0.25) is 15.5 Å². The van der Waals surface area contributed by atoms with Crippen LogP contribution in [-0.4, -0.2) is 10.8 Å². The third-order valence-electron chi connectivity index (χ3n) is 2.72. The summed E-state index contributed by atoms with van der Waals surface area (Å²) in [5.74, 6) is 0.447. The number of nitro benzene ring substituents is 1. The molecule has 6 nitrogen and oxygen atoms in total. The Morgan fingerprint density at radius 1 is 1.20 bits per heavy atom. The maximum atomic E-state index is 10.5. The molecule has 0 amide bonds. The Labute approximate surface area is 115 Å². The van der Waals surface area contributed by atoms with Crippen LogP contribution in [0, 0.1) is 15.5 Å². The number of nitrogens with two attached hydrogens (primary N) is 1. The van der Waals surface area contributed by atoms with Crippen LogP contribution in [0.1, 0.15) is 11.1 Å². The SMILES string of the molecule is N=C(N)c1ccccc1OCc1ccc([N+](=O)[O-])cc1. The number of nitrogen functional groups attached to an aromatic ring is 1. The van der Waals surface area contributed by atoms with Crippen LogP contribution in [-0.2, 0) is 6.61 Å². The van der Waals surface area contributed by atoms with Gasteiger partial charge in [-0.2, -0.15) is 0 Å². The first kappa shape index (κ1) is 13.5. The molecule has 0 bridgehead atoms. The van der Waals surface area contributed by atoms with E-state index in [9.17, 15) is 10.1 Å². The Bertz CT molecular complexity index is 638. The zero-order valence-electron chi connectivity index (χ0n) is 10.6. The molecule has 0 radical (unpaired) electrons. The number of para-hydroxylation sites is 1. The number of hydrogen-bond acceptors (Lipinski definition) is 4. The van der Waals surface area contributed by atoms with Crippen LogP contribution in [0.5, 0.6) is 5.75 Å². The predicted octanol–water partition coefficient (Wildman–Crippen LogP) is 2.46. The van der Waals surface area contributed by atoms with Gasteiger partial charge >= 0.3 is 0 Å². The number of benzene rings is 2. The zero-order chi connectivity index (χ0) is 14.5. The van der Waals surface area contributed by atoms with Gasteiger partial charge in [0.15, 0.2) is 0 Å². The smallest absolute Gasteiger partial charge is 0.269 e. The van der Waals surface area contributed by atoms with Gasteiger partial charge in [-0.1, -0.05) is 12.1 Å². The summed E-state index contributed by atoms with van der Waals surface area (Å²) in [5.41, 5.74) is 6.83. The van der Waals surface area contributed by atoms with E-state index in [-0.39, 0.29) is 18.1 Å². The third kappa shape index (κ3) is 3.11. The number of nitrogens with one attached hydrogen (secondary N) is 1. The minimum atomic E-state index is -0.449. The predicted molar refractivity (Wildman–Crippen MR) is 74.9 cm³/mol. The molecule has 0 aliphatic carbocycles. The van der Waals surface area contributed by atoms with E-state index in [0.29, 0.717) is 11.3 Å². The Balaban J connectivity index is 2.09. The summed E-state index contributed by atoms with van der Waals surface area (Å²) in [6, 6.07) is 13.1. The lowest BCUT2D eigenvalue weighted by atomic mass is 10.2. The minimum absolute atomic E-state index is 0.0397. The highest BCUT2D eigenvalue weighted by atomic mass is 16.6. The molecule has 0 saturated heterocycles. The molecule has 0 aliphatic rings. The second-order valence-corrected chi connectivity index (χ2v) is 4.12. The van der Waals surface area contributed by atoms with Gasteiger partial charge in [0.25, 0.3) is 5.69 Å². The third-order valence-corrected chi connectivity index (χ3v) is 2.72. The molecule has 0 heterocycles. The average Bonchev–Trinajstić information content (AvgIpc) is 2.45. The lowest BCUT2D eigenvalue weighted by molar-refractivity contribution is -0.384. The number of hydrogen-bond donors (Lipinski definition) is 2. The van der Waals surface area contributed by atoms with E-state index in [1.54, 1.807) is 36.4 Å². The normalized spacial score (nSPS) is 10.0. The van der Waals surface area contributed by atoms with Gasteiger partial charge in [-0.25, -0.2) is 0 Å². The van der Waals surface area contributed by atoms with Gasteiger partial charge in [0.05, 0.1) is 10.5 Å². The number of nitro groups is 1. The van der Waals surface area contributed by atoms with Gasteiger partial charge in [-0.05, 0) is 29.8 Å². The van der Waals surface area contributed by atoms with Crippen LogP contribution >= 0.6 is 0 Å². The fourth-order valence-corrected chi connectivity index (χ4v) is 1.69. The summed E-state index contributed by atoms with van der Waals surface area (Å²) in [6.07, 6.45) is 0. The lowest BCUT2D eigenvalue weighted by Gasteiger charge is -2.10. The molecule has 0 aliphatic heterocycles. The molecule has 0 aromatic heterocycles. The number of non-ortho nitro benzene ring substituents is 1. The summed E-state index contributed by atoms with van der Waals surface area (Å²) < 4.78 is 5.59. The molecule has 20 heavy (non-hydrogen) atoms. The summed E-state index contributed by atoms with van der Waals surface area (Å²) in [7, 11) is 0. The Hall–Kier alpha value is -2.89. The van der Waals surface area contributed by atoms with Crippen molar-refractivity contribution in [3.63, 3.8) is 0 Å². The van der Waals surface area contributed by atoms with Crippen LogP contribution in [0.2, 0.25) is 0 Å². The Morgan fingerprint density at radius 2 is 1.85 bits per heavy atom. The van der Waals surface area contributed by atoms with Crippen molar-refractivity contribution in [2.45, 2.75) is 6.61 Å². The van der Waals surface area contributed by atoms with Gasteiger partial charge < -0.3 is 10.5 Å². The Kier molecular flexibility index (Phi) is 3.95. The molecule has 0 saturated carbocycles. The van der Waals surface area contributed by atoms with E-state index in [4.69, 9.17) is 15.9 Å². The quantitative estimate of drug-likeness (QED) is 0.377. The van der Waals surface area contributed by atoms with E-state index in [1.807, 2.05) is 0 Å². The van der Waals surface area contributed by atoms with Gasteiger partial charge in [0.2, 0.25) is 0 Å². The summed E-state index contributed by atoms with van der Waals surface area (Å²) in [5, 5.41) is 18.0. The van der Waals surface area contributed by atoms with E-state index in [0.717, 1.165) is 5.56 Å². The second kappa shape index (κ2) is 5.83. The molecule has 0 fully saturated rings. The fraction of sp³-hybridized carbons (Fsp3) is 0.0714. The average molecular weight is 271 g/mol. The molecule has 3 N–H and O–H groups in total.